The molecule has 1 fully saturated rings. The van der Waals surface area contributed by atoms with Crippen molar-refractivity contribution in [1.29, 1.82) is 0 Å². The predicted octanol–water partition coefficient (Wildman–Crippen LogP) is 0.652. The zero-order valence-corrected chi connectivity index (χ0v) is 13.0. The van der Waals surface area contributed by atoms with E-state index in [4.69, 9.17) is 9.84 Å². The summed E-state index contributed by atoms with van der Waals surface area (Å²) in [6, 6.07) is -0.297. The minimum atomic E-state index is -3.95. The minimum absolute atomic E-state index is 0.200. The second-order valence-corrected chi connectivity index (χ2v) is 7.40. The average Bonchev–Trinajstić information content (AvgIpc) is 2.70. The van der Waals surface area contributed by atoms with E-state index in [0.717, 1.165) is 0 Å². The van der Waals surface area contributed by atoms with Crippen LogP contribution in [0, 0.1) is 6.92 Å². The van der Waals surface area contributed by atoms with Crippen LogP contribution < -0.4 is 4.72 Å². The number of sulfonamides is 1. The van der Waals surface area contributed by atoms with Crippen molar-refractivity contribution in [2.75, 3.05) is 6.61 Å². The fourth-order valence-corrected chi connectivity index (χ4v) is 4.10. The first-order chi connectivity index (χ1) is 9.62. The molecule has 1 saturated heterocycles. The Labute approximate surface area is 122 Å². The van der Waals surface area contributed by atoms with Gasteiger partial charge >= 0.3 is 5.97 Å². The van der Waals surface area contributed by atoms with Gasteiger partial charge in [-0.2, -0.15) is 5.10 Å². The molecule has 0 bridgehead atoms. The lowest BCUT2D eigenvalue weighted by atomic mass is 9.95. The van der Waals surface area contributed by atoms with E-state index in [1.165, 1.54) is 6.92 Å². The second kappa shape index (κ2) is 5.39. The summed E-state index contributed by atoms with van der Waals surface area (Å²) < 4.78 is 33.0. The number of ether oxygens (including phenoxy) is 1. The van der Waals surface area contributed by atoms with Crippen molar-refractivity contribution in [3.8, 4) is 0 Å². The molecular formula is C12H19N3O5S. The highest BCUT2D eigenvalue weighted by Crippen LogP contribution is 2.26. The Morgan fingerprint density at radius 3 is 2.76 bits per heavy atom. The van der Waals surface area contributed by atoms with Crippen molar-refractivity contribution < 1.29 is 23.1 Å². The summed E-state index contributed by atoms with van der Waals surface area (Å²) in [4.78, 5) is 10.8. The van der Waals surface area contributed by atoms with Gasteiger partial charge in [0, 0.05) is 12.6 Å². The topological polar surface area (TPSA) is 121 Å². The van der Waals surface area contributed by atoms with Crippen LogP contribution in [0.3, 0.4) is 0 Å². The lowest BCUT2D eigenvalue weighted by molar-refractivity contribution is -0.0599. The highest BCUT2D eigenvalue weighted by atomic mass is 32.2. The Kier molecular flexibility index (Phi) is 4.09. The Bertz CT molecular complexity index is 650. The van der Waals surface area contributed by atoms with Gasteiger partial charge in [0.15, 0.2) is 5.69 Å². The maximum atomic E-state index is 12.4. The van der Waals surface area contributed by atoms with Crippen molar-refractivity contribution in [2.24, 2.45) is 0 Å². The van der Waals surface area contributed by atoms with Crippen LogP contribution in [0.5, 0.6) is 0 Å². The molecule has 21 heavy (non-hydrogen) atoms. The van der Waals surface area contributed by atoms with E-state index in [1.54, 1.807) is 0 Å². The summed E-state index contributed by atoms with van der Waals surface area (Å²) >= 11 is 0. The monoisotopic (exact) mass is 317 g/mol. The number of aryl methyl sites for hydroxylation is 1. The maximum Gasteiger partial charge on any atom is 0.357 e. The third kappa shape index (κ3) is 3.42. The van der Waals surface area contributed by atoms with Gasteiger partial charge in [-0.15, -0.1) is 0 Å². The van der Waals surface area contributed by atoms with Gasteiger partial charge in [0.05, 0.1) is 11.3 Å². The number of aromatic carboxylic acids is 1. The van der Waals surface area contributed by atoms with E-state index in [2.05, 4.69) is 14.9 Å². The van der Waals surface area contributed by atoms with Crippen LogP contribution in [0.1, 0.15) is 42.9 Å². The number of carboxylic acid groups (broad SMARTS) is 1. The first kappa shape index (κ1) is 15.9. The lowest BCUT2D eigenvalue weighted by Crippen LogP contribution is -2.46. The molecule has 9 heteroatoms. The zero-order chi connectivity index (χ0) is 15.8. The van der Waals surface area contributed by atoms with Crippen LogP contribution in [-0.4, -0.2) is 47.9 Å². The normalized spacial score (nSPS) is 22.1. The molecule has 0 radical (unpaired) electrons. The quantitative estimate of drug-likeness (QED) is 0.749. The molecular weight excluding hydrogens is 298 g/mol. The maximum absolute atomic E-state index is 12.4. The van der Waals surface area contributed by atoms with E-state index in [1.807, 2.05) is 13.8 Å². The van der Waals surface area contributed by atoms with Crippen molar-refractivity contribution in [1.82, 2.24) is 14.9 Å². The third-order valence-corrected chi connectivity index (χ3v) is 5.06. The number of rotatable bonds is 4. The van der Waals surface area contributed by atoms with Gasteiger partial charge in [0.1, 0.15) is 4.90 Å². The summed E-state index contributed by atoms with van der Waals surface area (Å²) in [7, 11) is -3.95. The molecule has 1 atom stereocenters. The Balaban J connectivity index is 2.27. The van der Waals surface area contributed by atoms with Gasteiger partial charge in [-0.1, -0.05) is 0 Å². The number of hydrogen-bond donors (Lipinski definition) is 3. The molecule has 0 aromatic carbocycles. The number of carbonyl (C=O) groups is 1. The van der Waals surface area contributed by atoms with Crippen molar-refractivity contribution >= 4 is 16.0 Å². The highest BCUT2D eigenvalue weighted by Gasteiger charge is 2.34. The van der Waals surface area contributed by atoms with Crippen LogP contribution in [0.4, 0.5) is 0 Å². The first-order valence-corrected chi connectivity index (χ1v) is 8.05. The molecule has 1 aliphatic heterocycles. The number of carboxylic acids is 1. The van der Waals surface area contributed by atoms with Gasteiger partial charge < -0.3 is 9.84 Å². The smallest absolute Gasteiger partial charge is 0.357 e. The molecule has 118 valence electrons. The molecule has 8 nitrogen and oxygen atoms in total. The average molecular weight is 317 g/mol. The second-order valence-electron chi connectivity index (χ2n) is 5.75. The molecule has 1 aliphatic rings. The minimum Gasteiger partial charge on any atom is -0.476 e. The SMILES string of the molecule is Cc1[nH]nc(C(=O)O)c1S(=O)(=O)NC1CCOC(C)(C)C1. The number of hydrogen-bond acceptors (Lipinski definition) is 5. The van der Waals surface area contributed by atoms with Crippen molar-refractivity contribution in [3.63, 3.8) is 0 Å². The summed E-state index contributed by atoms with van der Waals surface area (Å²) in [5, 5.41) is 15.0. The van der Waals surface area contributed by atoms with E-state index < -0.39 is 27.3 Å². The van der Waals surface area contributed by atoms with E-state index in [9.17, 15) is 13.2 Å². The molecule has 3 N–H and O–H groups in total. The fourth-order valence-electron chi connectivity index (χ4n) is 2.50. The van der Waals surface area contributed by atoms with Gasteiger partial charge in [0.2, 0.25) is 10.0 Å². The molecule has 1 aromatic heterocycles. The summed E-state index contributed by atoms with van der Waals surface area (Å²) in [6.07, 6.45) is 1.06. The van der Waals surface area contributed by atoms with E-state index in [-0.39, 0.29) is 16.6 Å². The van der Waals surface area contributed by atoms with E-state index in [0.29, 0.717) is 19.4 Å². The number of nitrogens with zero attached hydrogens (tertiary/aromatic N) is 1. The van der Waals surface area contributed by atoms with Crippen LogP contribution in [0.25, 0.3) is 0 Å². The predicted molar refractivity (Wildman–Crippen MR) is 73.7 cm³/mol. The molecule has 0 saturated carbocycles. The van der Waals surface area contributed by atoms with Gasteiger partial charge in [-0.05, 0) is 33.6 Å². The summed E-state index contributed by atoms with van der Waals surface area (Å²) in [6.45, 7) is 5.71. The highest BCUT2D eigenvalue weighted by molar-refractivity contribution is 7.89. The standard InChI is InChI=1S/C12H19N3O5S/c1-7-10(9(11(16)17)14-13-7)21(18,19)15-8-4-5-20-12(2,3)6-8/h8,15H,4-6H2,1-3H3,(H,13,14)(H,16,17). The van der Waals surface area contributed by atoms with Gasteiger partial charge in [-0.25, -0.2) is 17.9 Å². The Morgan fingerprint density at radius 1 is 1.52 bits per heavy atom. The lowest BCUT2D eigenvalue weighted by Gasteiger charge is -2.35. The number of H-pyrrole nitrogens is 1. The van der Waals surface area contributed by atoms with Gasteiger partial charge in [0.25, 0.3) is 0 Å². The Hall–Kier alpha value is -1.45. The van der Waals surface area contributed by atoms with E-state index >= 15 is 0 Å². The first-order valence-electron chi connectivity index (χ1n) is 6.57. The van der Waals surface area contributed by atoms with Crippen LogP contribution in [-0.2, 0) is 14.8 Å². The number of nitrogens with one attached hydrogen (secondary N) is 2. The van der Waals surface area contributed by atoms with Gasteiger partial charge in [-0.3, -0.25) is 5.10 Å². The van der Waals surface area contributed by atoms with Crippen molar-refractivity contribution in [3.05, 3.63) is 11.4 Å². The van der Waals surface area contributed by atoms with Crippen LogP contribution in [0.15, 0.2) is 4.90 Å². The molecule has 2 rings (SSSR count). The molecule has 1 aromatic rings. The Morgan fingerprint density at radius 2 is 2.19 bits per heavy atom. The van der Waals surface area contributed by atoms with Crippen LogP contribution in [0.2, 0.25) is 0 Å². The zero-order valence-electron chi connectivity index (χ0n) is 12.1. The number of aromatic nitrogens is 2. The fraction of sp³-hybridized carbons (Fsp3) is 0.667. The molecule has 0 aliphatic carbocycles. The van der Waals surface area contributed by atoms with Crippen LogP contribution >= 0.6 is 0 Å². The number of aromatic amines is 1. The molecule has 0 amide bonds. The largest absolute Gasteiger partial charge is 0.476 e. The third-order valence-electron chi connectivity index (χ3n) is 3.38. The van der Waals surface area contributed by atoms with Crippen molar-refractivity contribution in [2.45, 2.75) is 50.2 Å². The summed E-state index contributed by atoms with van der Waals surface area (Å²) in [5.74, 6) is -1.38. The summed E-state index contributed by atoms with van der Waals surface area (Å²) in [5.41, 5.74) is -0.704. The molecule has 2 heterocycles. The molecule has 0 spiro atoms. The molecule has 1 unspecified atom stereocenters.